The maximum Gasteiger partial charge on any atom is 0.265 e. The molecular weight excluding hydrogens is 446 g/mol. The van der Waals surface area contributed by atoms with Gasteiger partial charge in [0.1, 0.15) is 0 Å². The van der Waals surface area contributed by atoms with Gasteiger partial charge in [-0.3, -0.25) is 9.78 Å². The molecule has 0 saturated carbocycles. The number of nitrogens with zero attached hydrogens (tertiary/aromatic N) is 4. The number of hydrogen-bond acceptors (Lipinski definition) is 5. The lowest BCUT2D eigenvalue weighted by Gasteiger charge is -2.29. The van der Waals surface area contributed by atoms with Crippen LogP contribution in [0.4, 0.5) is 8.78 Å². The van der Waals surface area contributed by atoms with Crippen LogP contribution in [0.25, 0.3) is 22.0 Å². The molecule has 0 spiro atoms. The number of alkyl halides is 2. The number of fused-ring (bicyclic) bond motifs is 1. The first-order valence-electron chi connectivity index (χ1n) is 11.8. The van der Waals surface area contributed by atoms with E-state index in [1.165, 1.54) is 17.8 Å². The molecule has 0 bridgehead atoms. The predicted molar refractivity (Wildman–Crippen MR) is 132 cm³/mol. The molecule has 0 atom stereocenters. The molecule has 1 aliphatic heterocycles. The summed E-state index contributed by atoms with van der Waals surface area (Å²) in [4.78, 5) is 19.3. The van der Waals surface area contributed by atoms with Gasteiger partial charge in [-0.05, 0) is 80.4 Å². The van der Waals surface area contributed by atoms with E-state index in [0.717, 1.165) is 36.9 Å². The molecular formula is C28H26F2N4O. The molecule has 0 N–H and O–H groups in total. The van der Waals surface area contributed by atoms with Crippen molar-refractivity contribution >= 4 is 16.7 Å². The molecule has 0 amide bonds. The first-order chi connectivity index (χ1) is 17.0. The third-order valence-electron chi connectivity index (χ3n) is 6.72. The molecule has 1 saturated heterocycles. The molecule has 178 valence electrons. The van der Waals surface area contributed by atoms with Crippen LogP contribution in [-0.2, 0) is 6.42 Å². The van der Waals surface area contributed by atoms with Crippen molar-refractivity contribution in [2.24, 2.45) is 0 Å². The molecule has 3 heterocycles. The molecule has 35 heavy (non-hydrogen) atoms. The second kappa shape index (κ2) is 9.96. The van der Waals surface area contributed by atoms with Crippen LogP contribution in [0, 0.1) is 0 Å². The monoisotopic (exact) mass is 472 g/mol. The lowest BCUT2D eigenvalue weighted by atomic mass is 9.88. The molecule has 2 aromatic carbocycles. The van der Waals surface area contributed by atoms with Gasteiger partial charge in [0, 0.05) is 34.5 Å². The van der Waals surface area contributed by atoms with Crippen LogP contribution in [0.5, 0.6) is 0 Å². The van der Waals surface area contributed by atoms with E-state index in [9.17, 15) is 13.6 Å². The first-order valence-corrected chi connectivity index (χ1v) is 11.8. The largest absolute Gasteiger partial charge is 0.306 e. The number of Topliss-reactive ketones (excluding diaryl/α,β-unsaturated/α-hetero) is 1. The Labute approximate surface area is 202 Å². The number of piperidine rings is 1. The van der Waals surface area contributed by atoms with Gasteiger partial charge in [-0.1, -0.05) is 24.3 Å². The minimum atomic E-state index is -2.58. The van der Waals surface area contributed by atoms with Gasteiger partial charge in [-0.15, -0.1) is 0 Å². The third kappa shape index (κ3) is 5.25. The zero-order valence-corrected chi connectivity index (χ0v) is 19.5. The topological polar surface area (TPSA) is 59.0 Å². The lowest BCUT2D eigenvalue weighted by Crippen LogP contribution is -2.29. The molecule has 1 aliphatic rings. The first kappa shape index (κ1) is 23.2. The number of pyridine rings is 1. The molecule has 0 unspecified atom stereocenters. The predicted octanol–water partition coefficient (Wildman–Crippen LogP) is 5.86. The van der Waals surface area contributed by atoms with Crippen LogP contribution in [0.3, 0.4) is 0 Å². The minimum absolute atomic E-state index is 0.00147. The Bertz CT molecular complexity index is 1370. The highest BCUT2D eigenvalue weighted by Gasteiger charge is 2.19. The number of ketones is 1. The Morgan fingerprint density at radius 1 is 1.00 bits per heavy atom. The maximum absolute atomic E-state index is 13.1. The number of aromatic nitrogens is 3. The molecule has 4 aromatic rings. The SMILES string of the molecule is CN1CCC(c2cccc(C(=O)Cc3cc4cc(-c5cncc(C(F)F)c5)ccc4nn3)c2)CC1. The van der Waals surface area contributed by atoms with Crippen LogP contribution in [0.2, 0.25) is 0 Å². The van der Waals surface area contributed by atoms with Crippen LogP contribution in [-0.4, -0.2) is 46.0 Å². The van der Waals surface area contributed by atoms with Gasteiger partial charge >= 0.3 is 0 Å². The summed E-state index contributed by atoms with van der Waals surface area (Å²) < 4.78 is 26.2. The summed E-state index contributed by atoms with van der Waals surface area (Å²) in [6.07, 6.45) is 2.50. The minimum Gasteiger partial charge on any atom is -0.306 e. The average Bonchev–Trinajstić information content (AvgIpc) is 2.89. The van der Waals surface area contributed by atoms with Gasteiger partial charge < -0.3 is 4.90 Å². The average molecular weight is 473 g/mol. The van der Waals surface area contributed by atoms with Crippen molar-refractivity contribution in [2.75, 3.05) is 20.1 Å². The number of likely N-dealkylation sites (tertiary alicyclic amines) is 1. The zero-order valence-electron chi connectivity index (χ0n) is 19.5. The van der Waals surface area contributed by atoms with Crippen molar-refractivity contribution in [3.63, 3.8) is 0 Å². The fourth-order valence-corrected chi connectivity index (χ4v) is 4.66. The molecule has 5 rings (SSSR count). The lowest BCUT2D eigenvalue weighted by molar-refractivity contribution is 0.0991. The number of benzene rings is 2. The van der Waals surface area contributed by atoms with Crippen LogP contribution in [0.15, 0.2) is 67.0 Å². The van der Waals surface area contributed by atoms with E-state index < -0.39 is 6.43 Å². The van der Waals surface area contributed by atoms with Crippen LogP contribution < -0.4 is 0 Å². The van der Waals surface area contributed by atoms with E-state index in [0.29, 0.717) is 28.3 Å². The van der Waals surface area contributed by atoms with Gasteiger partial charge in [-0.25, -0.2) is 8.78 Å². The summed E-state index contributed by atoms with van der Waals surface area (Å²) in [5, 5.41) is 9.30. The summed E-state index contributed by atoms with van der Waals surface area (Å²) in [6.45, 7) is 2.14. The number of hydrogen-bond donors (Lipinski definition) is 0. The molecule has 5 nitrogen and oxygen atoms in total. The number of carbonyl (C=O) groups is 1. The van der Waals surface area contributed by atoms with E-state index in [1.807, 2.05) is 36.4 Å². The van der Waals surface area contributed by atoms with Crippen molar-refractivity contribution in [3.05, 3.63) is 89.4 Å². The Kier molecular flexibility index (Phi) is 6.59. The molecule has 1 fully saturated rings. The van der Waals surface area contributed by atoms with Gasteiger partial charge in [0.2, 0.25) is 0 Å². The second-order valence-corrected chi connectivity index (χ2v) is 9.22. The molecule has 0 radical (unpaired) electrons. The summed E-state index contributed by atoms with van der Waals surface area (Å²) in [5.41, 5.74) is 4.39. The quantitative estimate of drug-likeness (QED) is 0.329. The fraction of sp³-hybridized carbons (Fsp3) is 0.286. The highest BCUT2D eigenvalue weighted by molar-refractivity contribution is 5.98. The summed E-state index contributed by atoms with van der Waals surface area (Å²) in [6, 6.07) is 16.7. The van der Waals surface area contributed by atoms with E-state index in [1.54, 1.807) is 12.3 Å². The summed E-state index contributed by atoms with van der Waals surface area (Å²) in [7, 11) is 2.14. The zero-order chi connectivity index (χ0) is 24.4. The van der Waals surface area contributed by atoms with Crippen LogP contribution in [0.1, 0.15) is 52.4 Å². The van der Waals surface area contributed by atoms with Crippen molar-refractivity contribution in [1.29, 1.82) is 0 Å². The Balaban J connectivity index is 1.36. The Morgan fingerprint density at radius 3 is 2.63 bits per heavy atom. The van der Waals surface area contributed by atoms with Crippen molar-refractivity contribution < 1.29 is 13.6 Å². The van der Waals surface area contributed by atoms with Gasteiger partial charge in [0.05, 0.1) is 17.6 Å². The summed E-state index contributed by atoms with van der Waals surface area (Å²) >= 11 is 0. The van der Waals surface area contributed by atoms with E-state index in [4.69, 9.17) is 0 Å². The highest BCUT2D eigenvalue weighted by atomic mass is 19.3. The number of rotatable bonds is 6. The normalized spacial score (nSPS) is 15.1. The van der Waals surface area contributed by atoms with E-state index >= 15 is 0 Å². The van der Waals surface area contributed by atoms with Crippen molar-refractivity contribution in [1.82, 2.24) is 20.1 Å². The number of halogens is 2. The van der Waals surface area contributed by atoms with Gasteiger partial charge in [0.15, 0.2) is 5.78 Å². The smallest absolute Gasteiger partial charge is 0.265 e. The Morgan fingerprint density at radius 2 is 1.83 bits per heavy atom. The standard InChI is InChI=1S/C28H26F2N4O/c1-34-9-7-18(8-10-34)19-3-2-4-21(11-19)27(35)15-25-14-22-12-20(5-6-26(22)33-32-25)23-13-24(28(29)30)17-31-16-23/h2-6,11-14,16-18,28H,7-10,15H2,1H3. The fourth-order valence-electron chi connectivity index (χ4n) is 4.66. The molecule has 7 heteroatoms. The number of carbonyl (C=O) groups excluding carboxylic acids is 1. The summed E-state index contributed by atoms with van der Waals surface area (Å²) in [5.74, 6) is 0.481. The van der Waals surface area contributed by atoms with Crippen molar-refractivity contribution in [3.8, 4) is 11.1 Å². The van der Waals surface area contributed by atoms with Crippen LogP contribution >= 0.6 is 0 Å². The van der Waals surface area contributed by atoms with E-state index in [-0.39, 0.29) is 17.8 Å². The third-order valence-corrected chi connectivity index (χ3v) is 6.72. The second-order valence-electron chi connectivity index (χ2n) is 9.22. The molecule has 0 aliphatic carbocycles. The molecule has 2 aromatic heterocycles. The van der Waals surface area contributed by atoms with Gasteiger partial charge in [-0.2, -0.15) is 10.2 Å². The Hall–Kier alpha value is -3.58. The van der Waals surface area contributed by atoms with E-state index in [2.05, 4.69) is 33.2 Å². The van der Waals surface area contributed by atoms with Gasteiger partial charge in [0.25, 0.3) is 6.43 Å². The maximum atomic E-state index is 13.1. The highest BCUT2D eigenvalue weighted by Crippen LogP contribution is 2.29. The van der Waals surface area contributed by atoms with Crippen molar-refractivity contribution in [2.45, 2.75) is 31.6 Å².